The third kappa shape index (κ3) is 4.90. The molecule has 1 rings (SSSR count). The second-order valence-electron chi connectivity index (χ2n) is 5.84. The molecule has 1 aromatic rings. The number of hydrogen-bond donors (Lipinski definition) is 2. The number of carbonyl (C=O) groups is 1. The van der Waals surface area contributed by atoms with Crippen LogP contribution in [0.4, 0.5) is 15.8 Å². The maximum absolute atomic E-state index is 14.2. The van der Waals surface area contributed by atoms with E-state index >= 15 is 0 Å². The van der Waals surface area contributed by atoms with E-state index in [1.54, 1.807) is 0 Å². The van der Waals surface area contributed by atoms with E-state index < -0.39 is 11.8 Å². The van der Waals surface area contributed by atoms with Gasteiger partial charge in [-0.3, -0.25) is 0 Å². The highest BCUT2D eigenvalue weighted by Crippen LogP contribution is 2.26. The van der Waals surface area contributed by atoms with E-state index in [-0.39, 0.29) is 16.9 Å². The Kier molecular flexibility index (Phi) is 5.96. The van der Waals surface area contributed by atoms with Gasteiger partial charge in [0.05, 0.1) is 11.3 Å². The van der Waals surface area contributed by atoms with E-state index in [1.807, 2.05) is 37.7 Å². The summed E-state index contributed by atoms with van der Waals surface area (Å²) < 4.78 is 14.2. The highest BCUT2D eigenvalue weighted by molar-refractivity contribution is 5.95. The fourth-order valence-corrected chi connectivity index (χ4v) is 2.08. The third-order valence-electron chi connectivity index (χ3n) is 3.09. The van der Waals surface area contributed by atoms with Gasteiger partial charge in [0.15, 0.2) is 0 Å². The molecule has 0 heterocycles. The summed E-state index contributed by atoms with van der Waals surface area (Å²) in [5.74, 6) is -1.31. The molecule has 3 N–H and O–H groups in total. The van der Waals surface area contributed by atoms with E-state index in [0.717, 1.165) is 12.6 Å². The number of halogens is 1. The monoisotopic (exact) mass is 297 g/mol. The summed E-state index contributed by atoms with van der Waals surface area (Å²) in [4.78, 5) is 15.0. The van der Waals surface area contributed by atoms with Crippen molar-refractivity contribution in [1.82, 2.24) is 4.90 Å². The molecule has 0 aromatic heterocycles. The molecule has 0 atom stereocenters. The van der Waals surface area contributed by atoms with Gasteiger partial charge in [0.1, 0.15) is 5.82 Å². The first-order chi connectivity index (χ1) is 9.72. The predicted octanol–water partition coefficient (Wildman–Crippen LogP) is 2.13. The highest BCUT2D eigenvalue weighted by Gasteiger charge is 2.18. The number of likely N-dealkylation sites (N-methyl/N-ethyl adjacent to an activating group) is 1. The Morgan fingerprint density at radius 1 is 1.33 bits per heavy atom. The normalized spacial score (nSPS) is 11.2. The average molecular weight is 297 g/mol. The van der Waals surface area contributed by atoms with E-state index in [9.17, 15) is 9.18 Å². The zero-order chi connectivity index (χ0) is 16.2. The van der Waals surface area contributed by atoms with Crippen LogP contribution in [0.1, 0.15) is 24.2 Å². The van der Waals surface area contributed by atoms with Crippen LogP contribution in [0.15, 0.2) is 12.1 Å². The first kappa shape index (κ1) is 17.2. The lowest BCUT2D eigenvalue weighted by Gasteiger charge is -2.29. The number of hydrogen-bond acceptors (Lipinski definition) is 4. The van der Waals surface area contributed by atoms with Crippen molar-refractivity contribution in [2.75, 3.05) is 44.4 Å². The van der Waals surface area contributed by atoms with Gasteiger partial charge in [-0.05, 0) is 32.1 Å². The zero-order valence-electron chi connectivity index (χ0n) is 13.1. The van der Waals surface area contributed by atoms with Crippen LogP contribution in [0.25, 0.3) is 0 Å². The molecule has 21 heavy (non-hydrogen) atoms. The molecule has 0 saturated carbocycles. The minimum Gasteiger partial charge on any atom is -0.478 e. The lowest BCUT2D eigenvalue weighted by molar-refractivity contribution is 0.0698. The minimum absolute atomic E-state index is 0.0548. The van der Waals surface area contributed by atoms with E-state index in [4.69, 9.17) is 10.8 Å². The lowest BCUT2D eigenvalue weighted by atomic mass is 10.1. The molecule has 0 radical (unpaired) electrons. The largest absolute Gasteiger partial charge is 0.478 e. The Labute approximate surface area is 125 Å². The van der Waals surface area contributed by atoms with Gasteiger partial charge >= 0.3 is 5.97 Å². The van der Waals surface area contributed by atoms with E-state index in [0.29, 0.717) is 19.0 Å². The lowest BCUT2D eigenvalue weighted by Crippen LogP contribution is -2.35. The van der Waals surface area contributed by atoms with Crippen LogP contribution in [0.2, 0.25) is 0 Å². The molecule has 0 saturated heterocycles. The van der Waals surface area contributed by atoms with Crippen molar-refractivity contribution < 1.29 is 14.3 Å². The van der Waals surface area contributed by atoms with Gasteiger partial charge in [-0.1, -0.05) is 13.8 Å². The number of anilines is 2. The number of aromatic carboxylic acids is 1. The van der Waals surface area contributed by atoms with Crippen LogP contribution in [0.5, 0.6) is 0 Å². The Morgan fingerprint density at radius 2 is 1.95 bits per heavy atom. The van der Waals surface area contributed by atoms with E-state index in [2.05, 4.69) is 0 Å². The summed E-state index contributed by atoms with van der Waals surface area (Å²) in [5, 5.41) is 9.13. The Hall–Kier alpha value is -1.82. The molecule has 0 aliphatic heterocycles. The second-order valence-corrected chi connectivity index (χ2v) is 5.84. The van der Waals surface area contributed by atoms with Crippen LogP contribution in [-0.2, 0) is 0 Å². The molecular weight excluding hydrogens is 273 g/mol. The highest BCUT2D eigenvalue weighted by atomic mass is 19.1. The third-order valence-corrected chi connectivity index (χ3v) is 3.09. The summed E-state index contributed by atoms with van der Waals surface area (Å²) in [6, 6.07) is 2.41. The molecule has 0 unspecified atom stereocenters. The van der Waals surface area contributed by atoms with Gasteiger partial charge in [-0.25, -0.2) is 9.18 Å². The number of rotatable bonds is 7. The van der Waals surface area contributed by atoms with Gasteiger partial charge < -0.3 is 20.6 Å². The quantitative estimate of drug-likeness (QED) is 0.755. The number of benzene rings is 1. The molecule has 0 fully saturated rings. The fourth-order valence-electron chi connectivity index (χ4n) is 2.08. The topological polar surface area (TPSA) is 69.8 Å². The van der Waals surface area contributed by atoms with Crippen molar-refractivity contribution in [2.45, 2.75) is 13.8 Å². The summed E-state index contributed by atoms with van der Waals surface area (Å²) in [7, 11) is 3.88. The van der Waals surface area contributed by atoms with Crippen molar-refractivity contribution in [1.29, 1.82) is 0 Å². The summed E-state index contributed by atoms with van der Waals surface area (Å²) in [5.41, 5.74) is 5.74. The average Bonchev–Trinajstić information content (AvgIpc) is 2.33. The van der Waals surface area contributed by atoms with Crippen molar-refractivity contribution in [2.24, 2.45) is 5.92 Å². The number of carboxylic acid groups (broad SMARTS) is 1. The Balaban J connectivity index is 3.16. The number of nitrogens with two attached hydrogens (primary N) is 1. The van der Waals surface area contributed by atoms with Crippen molar-refractivity contribution in [3.05, 3.63) is 23.5 Å². The molecule has 5 nitrogen and oxygen atoms in total. The molecule has 0 spiro atoms. The van der Waals surface area contributed by atoms with Crippen LogP contribution >= 0.6 is 0 Å². The molecule has 1 aromatic carbocycles. The number of nitrogens with zero attached hydrogens (tertiary/aromatic N) is 2. The summed E-state index contributed by atoms with van der Waals surface area (Å²) in [6.45, 7) is 6.09. The zero-order valence-corrected chi connectivity index (χ0v) is 13.1. The molecule has 0 bridgehead atoms. The van der Waals surface area contributed by atoms with Gasteiger partial charge in [-0.15, -0.1) is 0 Å². The predicted molar refractivity (Wildman–Crippen MR) is 83.4 cm³/mol. The van der Waals surface area contributed by atoms with Crippen LogP contribution in [-0.4, -0.2) is 49.7 Å². The molecular formula is C15H24FN3O2. The first-order valence-electron chi connectivity index (χ1n) is 6.94. The standard InChI is InChI=1S/C15H24FN3O2/c1-10(2)9-19(6-5-18(3)4)14-7-11(15(20)21)13(17)8-12(14)16/h7-8,10H,5-6,9,17H2,1-4H3,(H,20,21). The molecule has 0 aliphatic rings. The smallest absolute Gasteiger partial charge is 0.337 e. The fraction of sp³-hybridized carbons (Fsp3) is 0.533. The molecule has 118 valence electrons. The van der Waals surface area contributed by atoms with Gasteiger partial charge in [0.25, 0.3) is 0 Å². The summed E-state index contributed by atoms with van der Waals surface area (Å²) >= 11 is 0. The molecule has 0 amide bonds. The van der Waals surface area contributed by atoms with Crippen molar-refractivity contribution in [3.8, 4) is 0 Å². The van der Waals surface area contributed by atoms with E-state index in [1.165, 1.54) is 6.07 Å². The van der Waals surface area contributed by atoms with Gasteiger partial charge in [0, 0.05) is 25.3 Å². The summed E-state index contributed by atoms with van der Waals surface area (Å²) in [6.07, 6.45) is 0. The SMILES string of the molecule is CC(C)CN(CCN(C)C)c1cc(C(=O)O)c(N)cc1F. The Morgan fingerprint density at radius 3 is 2.43 bits per heavy atom. The maximum Gasteiger partial charge on any atom is 0.337 e. The second kappa shape index (κ2) is 7.26. The molecule has 6 heteroatoms. The van der Waals surface area contributed by atoms with Crippen molar-refractivity contribution >= 4 is 17.3 Å². The van der Waals surface area contributed by atoms with Crippen LogP contribution in [0, 0.1) is 11.7 Å². The molecule has 0 aliphatic carbocycles. The van der Waals surface area contributed by atoms with Crippen molar-refractivity contribution in [3.63, 3.8) is 0 Å². The van der Waals surface area contributed by atoms with Crippen LogP contribution < -0.4 is 10.6 Å². The first-order valence-corrected chi connectivity index (χ1v) is 6.94. The number of carboxylic acids is 1. The Bertz CT molecular complexity index is 504. The number of nitrogen functional groups attached to an aromatic ring is 1. The van der Waals surface area contributed by atoms with Gasteiger partial charge in [-0.2, -0.15) is 0 Å². The van der Waals surface area contributed by atoms with Crippen LogP contribution in [0.3, 0.4) is 0 Å². The maximum atomic E-state index is 14.2. The van der Waals surface area contributed by atoms with Gasteiger partial charge in [0.2, 0.25) is 0 Å². The minimum atomic E-state index is -1.15.